The van der Waals surface area contributed by atoms with Crippen LogP contribution in [-0.2, 0) is 9.84 Å². The summed E-state index contributed by atoms with van der Waals surface area (Å²) < 4.78 is 22.6. The molecule has 0 bridgehead atoms. The molecular formula is C12H23NO3S. The first-order valence-corrected chi connectivity index (χ1v) is 8.48. The van der Waals surface area contributed by atoms with Gasteiger partial charge < -0.3 is 10.4 Å². The second-order valence-corrected chi connectivity index (χ2v) is 7.90. The van der Waals surface area contributed by atoms with Crippen LogP contribution in [0, 0.1) is 0 Å². The zero-order valence-corrected chi connectivity index (χ0v) is 11.1. The lowest BCUT2D eigenvalue weighted by atomic mass is 9.84. The van der Waals surface area contributed by atoms with Crippen LogP contribution in [0.25, 0.3) is 0 Å². The van der Waals surface area contributed by atoms with Gasteiger partial charge in [-0.2, -0.15) is 0 Å². The van der Waals surface area contributed by atoms with Crippen molar-refractivity contribution >= 4 is 9.84 Å². The van der Waals surface area contributed by atoms with Crippen molar-refractivity contribution in [1.29, 1.82) is 0 Å². The van der Waals surface area contributed by atoms with Crippen molar-refractivity contribution < 1.29 is 13.5 Å². The van der Waals surface area contributed by atoms with E-state index in [2.05, 4.69) is 5.32 Å². The van der Waals surface area contributed by atoms with Gasteiger partial charge in [0.2, 0.25) is 0 Å². The van der Waals surface area contributed by atoms with E-state index in [9.17, 15) is 13.5 Å². The maximum absolute atomic E-state index is 11.3. The van der Waals surface area contributed by atoms with Gasteiger partial charge in [-0.25, -0.2) is 8.42 Å². The Kier molecular flexibility index (Phi) is 4.10. The number of aliphatic hydroxyl groups is 1. The van der Waals surface area contributed by atoms with E-state index < -0.39 is 15.4 Å². The summed E-state index contributed by atoms with van der Waals surface area (Å²) in [6.07, 6.45) is 6.59. The second kappa shape index (κ2) is 5.24. The second-order valence-electron chi connectivity index (χ2n) is 5.59. The van der Waals surface area contributed by atoms with E-state index in [1.807, 2.05) is 0 Å². The minimum Gasteiger partial charge on any atom is -0.389 e. The lowest BCUT2D eigenvalue weighted by Crippen LogP contribution is -2.47. The van der Waals surface area contributed by atoms with Gasteiger partial charge in [0.1, 0.15) is 9.84 Å². The van der Waals surface area contributed by atoms with Gasteiger partial charge in [-0.15, -0.1) is 0 Å². The Morgan fingerprint density at radius 2 is 1.71 bits per heavy atom. The van der Waals surface area contributed by atoms with Crippen LogP contribution in [0.5, 0.6) is 0 Å². The zero-order chi connectivity index (χ0) is 12.4. The van der Waals surface area contributed by atoms with E-state index in [0.717, 1.165) is 25.7 Å². The maximum Gasteiger partial charge on any atom is 0.150 e. The molecule has 5 heteroatoms. The molecule has 1 aliphatic carbocycles. The number of rotatable bonds is 3. The molecule has 100 valence electrons. The molecule has 0 unspecified atom stereocenters. The van der Waals surface area contributed by atoms with Crippen molar-refractivity contribution in [3.8, 4) is 0 Å². The highest BCUT2D eigenvalue weighted by atomic mass is 32.2. The van der Waals surface area contributed by atoms with E-state index in [4.69, 9.17) is 0 Å². The van der Waals surface area contributed by atoms with Gasteiger partial charge in [-0.05, 0) is 25.7 Å². The predicted molar refractivity (Wildman–Crippen MR) is 67.7 cm³/mol. The van der Waals surface area contributed by atoms with Crippen molar-refractivity contribution in [2.75, 3.05) is 18.1 Å². The Labute approximate surface area is 104 Å². The quantitative estimate of drug-likeness (QED) is 0.790. The largest absolute Gasteiger partial charge is 0.389 e. The van der Waals surface area contributed by atoms with Crippen LogP contribution < -0.4 is 5.32 Å². The van der Waals surface area contributed by atoms with E-state index in [1.54, 1.807) is 0 Å². The highest BCUT2D eigenvalue weighted by Gasteiger charge is 2.31. The van der Waals surface area contributed by atoms with Crippen LogP contribution in [0.4, 0.5) is 0 Å². The Balaban J connectivity index is 1.75. The topological polar surface area (TPSA) is 66.4 Å². The maximum atomic E-state index is 11.3. The van der Waals surface area contributed by atoms with Crippen molar-refractivity contribution in [3.63, 3.8) is 0 Å². The smallest absolute Gasteiger partial charge is 0.150 e. The Morgan fingerprint density at radius 1 is 1.12 bits per heavy atom. The number of nitrogens with one attached hydrogen (secondary N) is 1. The molecule has 17 heavy (non-hydrogen) atoms. The molecule has 0 radical (unpaired) electrons. The minimum absolute atomic E-state index is 0.268. The molecule has 1 saturated carbocycles. The third-order valence-corrected chi connectivity index (χ3v) is 5.77. The molecule has 2 N–H and O–H groups in total. The molecule has 1 aliphatic heterocycles. The molecule has 0 amide bonds. The molecule has 1 heterocycles. The van der Waals surface area contributed by atoms with Gasteiger partial charge in [0, 0.05) is 12.6 Å². The first kappa shape index (κ1) is 13.3. The molecule has 1 saturated heterocycles. The summed E-state index contributed by atoms with van der Waals surface area (Å²) in [5.41, 5.74) is -0.547. The summed E-state index contributed by atoms with van der Waals surface area (Å²) in [4.78, 5) is 0. The third-order valence-electron chi connectivity index (χ3n) is 4.06. The standard InChI is InChI=1S/C12H23NO3S/c14-12(6-2-1-3-7-12)10-13-11-4-8-17(15,16)9-5-11/h11,13-14H,1-10H2. The molecular weight excluding hydrogens is 238 g/mol. The monoisotopic (exact) mass is 261 g/mol. The molecule has 2 rings (SSSR count). The summed E-state index contributed by atoms with van der Waals surface area (Å²) in [5, 5.41) is 13.7. The average Bonchev–Trinajstić information content (AvgIpc) is 2.29. The SMILES string of the molecule is O=S1(=O)CCC(NCC2(O)CCCCC2)CC1. The fourth-order valence-electron chi connectivity index (χ4n) is 2.82. The lowest BCUT2D eigenvalue weighted by molar-refractivity contribution is 0.00242. The molecule has 2 aliphatic rings. The number of hydrogen-bond acceptors (Lipinski definition) is 4. The highest BCUT2D eigenvalue weighted by Crippen LogP contribution is 2.27. The normalized spacial score (nSPS) is 29.0. The van der Waals surface area contributed by atoms with E-state index in [0.29, 0.717) is 30.9 Å². The van der Waals surface area contributed by atoms with Gasteiger partial charge in [0.05, 0.1) is 17.1 Å². The van der Waals surface area contributed by atoms with Gasteiger partial charge in [0.15, 0.2) is 0 Å². The molecule has 0 aromatic carbocycles. The molecule has 0 aromatic rings. The molecule has 0 spiro atoms. The van der Waals surface area contributed by atoms with Crippen molar-refractivity contribution in [3.05, 3.63) is 0 Å². The average molecular weight is 261 g/mol. The molecule has 4 nitrogen and oxygen atoms in total. The van der Waals surface area contributed by atoms with E-state index in [1.165, 1.54) is 6.42 Å². The minimum atomic E-state index is -2.78. The summed E-state index contributed by atoms with van der Waals surface area (Å²) in [7, 11) is -2.78. The third kappa shape index (κ3) is 3.93. The van der Waals surface area contributed by atoms with Crippen LogP contribution >= 0.6 is 0 Å². The van der Waals surface area contributed by atoms with Gasteiger partial charge in [0.25, 0.3) is 0 Å². The van der Waals surface area contributed by atoms with Crippen molar-refractivity contribution in [1.82, 2.24) is 5.32 Å². The number of hydrogen-bond donors (Lipinski definition) is 2. The van der Waals surface area contributed by atoms with Gasteiger partial charge >= 0.3 is 0 Å². The molecule has 2 fully saturated rings. The first-order chi connectivity index (χ1) is 7.99. The predicted octanol–water partition coefficient (Wildman–Crippen LogP) is 0.848. The summed E-state index contributed by atoms with van der Waals surface area (Å²) in [6, 6.07) is 0.268. The molecule has 0 atom stereocenters. The van der Waals surface area contributed by atoms with Crippen LogP contribution in [0.1, 0.15) is 44.9 Å². The summed E-state index contributed by atoms with van der Waals surface area (Å²) in [5.74, 6) is 0.589. The summed E-state index contributed by atoms with van der Waals surface area (Å²) in [6.45, 7) is 0.623. The Bertz CT molecular complexity index is 333. The van der Waals surface area contributed by atoms with E-state index in [-0.39, 0.29) is 6.04 Å². The number of sulfone groups is 1. The zero-order valence-electron chi connectivity index (χ0n) is 10.3. The highest BCUT2D eigenvalue weighted by molar-refractivity contribution is 7.91. The first-order valence-electron chi connectivity index (χ1n) is 6.65. The van der Waals surface area contributed by atoms with Gasteiger partial charge in [-0.1, -0.05) is 19.3 Å². The van der Waals surface area contributed by atoms with Crippen LogP contribution in [0.2, 0.25) is 0 Å². The van der Waals surface area contributed by atoms with Crippen LogP contribution in [-0.4, -0.2) is 43.2 Å². The fraction of sp³-hybridized carbons (Fsp3) is 1.00. The van der Waals surface area contributed by atoms with E-state index >= 15 is 0 Å². The van der Waals surface area contributed by atoms with Gasteiger partial charge in [-0.3, -0.25) is 0 Å². The Morgan fingerprint density at radius 3 is 2.29 bits per heavy atom. The van der Waals surface area contributed by atoms with Crippen molar-refractivity contribution in [2.45, 2.75) is 56.6 Å². The Hall–Kier alpha value is -0.130. The summed E-state index contributed by atoms with van der Waals surface area (Å²) >= 11 is 0. The van der Waals surface area contributed by atoms with Crippen molar-refractivity contribution in [2.24, 2.45) is 0 Å². The fourth-order valence-corrected chi connectivity index (χ4v) is 4.31. The van der Waals surface area contributed by atoms with Crippen LogP contribution in [0.3, 0.4) is 0 Å². The molecule has 0 aromatic heterocycles. The van der Waals surface area contributed by atoms with Crippen LogP contribution in [0.15, 0.2) is 0 Å². The lowest BCUT2D eigenvalue weighted by Gasteiger charge is -2.34.